The Bertz CT molecular complexity index is 189. The molecule has 1 heterocycles. The topological polar surface area (TPSA) is 55.3 Å². The number of nitrogens with two attached hydrogens (primary N) is 2. The van der Waals surface area contributed by atoms with Crippen LogP contribution in [-0.4, -0.2) is 36.6 Å². The molecule has 2 fully saturated rings. The van der Waals surface area contributed by atoms with Gasteiger partial charge in [0.15, 0.2) is 0 Å². The summed E-state index contributed by atoms with van der Waals surface area (Å²) in [4.78, 5) is 2.37. The van der Waals surface area contributed by atoms with Crippen molar-refractivity contribution in [3.05, 3.63) is 0 Å². The molecule has 0 bridgehead atoms. The molecule has 1 saturated heterocycles. The Kier molecular flexibility index (Phi) is 2.34. The zero-order valence-corrected chi connectivity index (χ0v) is 8.50. The van der Waals surface area contributed by atoms with Crippen LogP contribution in [0, 0.1) is 5.92 Å². The van der Waals surface area contributed by atoms with E-state index in [0.29, 0.717) is 5.92 Å². The summed E-state index contributed by atoms with van der Waals surface area (Å²) in [6, 6.07) is 0.232. The second-order valence-corrected chi connectivity index (χ2v) is 4.92. The van der Waals surface area contributed by atoms with Crippen LogP contribution < -0.4 is 11.5 Å². The highest BCUT2D eigenvalue weighted by Crippen LogP contribution is 2.39. The maximum atomic E-state index is 6.20. The minimum atomic E-state index is 0.00282. The van der Waals surface area contributed by atoms with Crippen molar-refractivity contribution in [3.63, 3.8) is 0 Å². The van der Waals surface area contributed by atoms with Crippen LogP contribution in [0.25, 0.3) is 0 Å². The lowest BCUT2D eigenvalue weighted by Crippen LogP contribution is -2.52. The first-order valence-corrected chi connectivity index (χ1v) is 5.35. The Morgan fingerprint density at radius 3 is 2.69 bits per heavy atom. The van der Waals surface area contributed by atoms with Crippen molar-refractivity contribution in [2.24, 2.45) is 17.4 Å². The summed E-state index contributed by atoms with van der Waals surface area (Å²) in [5.74, 6) is 0.631. The number of likely N-dealkylation sites (tertiary alicyclic amines) is 1. The predicted octanol–water partition coefficient (Wildman–Crippen LogP) is 0.147. The van der Waals surface area contributed by atoms with E-state index in [2.05, 4.69) is 11.9 Å². The van der Waals surface area contributed by atoms with Gasteiger partial charge in [-0.3, -0.25) is 0 Å². The van der Waals surface area contributed by atoms with Gasteiger partial charge in [-0.05, 0) is 45.2 Å². The fourth-order valence-electron chi connectivity index (χ4n) is 2.45. The summed E-state index contributed by atoms with van der Waals surface area (Å²) >= 11 is 0. The first-order valence-electron chi connectivity index (χ1n) is 5.35. The van der Waals surface area contributed by atoms with Crippen molar-refractivity contribution in [1.29, 1.82) is 0 Å². The summed E-state index contributed by atoms with van der Waals surface area (Å²) in [5.41, 5.74) is 12.3. The van der Waals surface area contributed by atoms with Gasteiger partial charge in [-0.2, -0.15) is 0 Å². The molecule has 2 atom stereocenters. The fraction of sp³-hybridized carbons (Fsp3) is 1.00. The third-order valence-electron chi connectivity index (χ3n) is 3.66. The lowest BCUT2D eigenvalue weighted by molar-refractivity contribution is 0.174. The largest absolute Gasteiger partial charge is 0.326 e. The molecule has 2 aliphatic rings. The number of nitrogens with zero attached hydrogens (tertiary/aromatic N) is 1. The van der Waals surface area contributed by atoms with Crippen LogP contribution in [0.3, 0.4) is 0 Å². The third kappa shape index (κ3) is 1.87. The molecular formula is C10H21N3. The van der Waals surface area contributed by atoms with Crippen LogP contribution in [0.4, 0.5) is 0 Å². The maximum Gasteiger partial charge on any atom is 0.0312 e. The molecule has 0 spiro atoms. The van der Waals surface area contributed by atoms with Crippen molar-refractivity contribution in [2.75, 3.05) is 20.1 Å². The molecule has 1 saturated carbocycles. The molecule has 1 aliphatic carbocycles. The van der Waals surface area contributed by atoms with Gasteiger partial charge in [-0.15, -0.1) is 0 Å². The van der Waals surface area contributed by atoms with E-state index in [1.807, 2.05) is 0 Å². The zero-order chi connectivity index (χ0) is 9.47. The maximum absolute atomic E-state index is 6.20. The first kappa shape index (κ1) is 9.44. The molecule has 2 unspecified atom stereocenters. The van der Waals surface area contributed by atoms with Gasteiger partial charge in [0.1, 0.15) is 0 Å². The number of piperidine rings is 1. The molecule has 0 radical (unpaired) electrons. The van der Waals surface area contributed by atoms with Crippen molar-refractivity contribution in [1.82, 2.24) is 4.90 Å². The number of hydrogen-bond acceptors (Lipinski definition) is 3. The summed E-state index contributed by atoms with van der Waals surface area (Å²) < 4.78 is 0. The average molecular weight is 183 g/mol. The molecule has 0 aromatic heterocycles. The van der Waals surface area contributed by atoms with Gasteiger partial charge in [-0.1, -0.05) is 0 Å². The van der Waals surface area contributed by atoms with E-state index < -0.39 is 0 Å². The lowest BCUT2D eigenvalue weighted by Gasteiger charge is -2.36. The van der Waals surface area contributed by atoms with Crippen LogP contribution in [0.15, 0.2) is 0 Å². The van der Waals surface area contributed by atoms with Crippen LogP contribution in [0.5, 0.6) is 0 Å². The SMILES string of the molecule is CN1CCCC(C(N)C2(N)CC2)C1. The van der Waals surface area contributed by atoms with Gasteiger partial charge in [0.25, 0.3) is 0 Å². The minimum absolute atomic E-state index is 0.00282. The number of hydrogen-bond donors (Lipinski definition) is 2. The molecule has 3 heteroatoms. The quantitative estimate of drug-likeness (QED) is 0.640. The fourth-order valence-corrected chi connectivity index (χ4v) is 2.45. The summed E-state index contributed by atoms with van der Waals surface area (Å²) in [6.45, 7) is 2.36. The highest BCUT2D eigenvalue weighted by atomic mass is 15.1. The third-order valence-corrected chi connectivity index (χ3v) is 3.66. The Morgan fingerprint density at radius 2 is 2.15 bits per heavy atom. The summed E-state index contributed by atoms with van der Waals surface area (Å²) in [7, 11) is 2.18. The molecule has 0 aromatic rings. The Morgan fingerprint density at radius 1 is 1.46 bits per heavy atom. The van der Waals surface area contributed by atoms with E-state index in [4.69, 9.17) is 11.5 Å². The van der Waals surface area contributed by atoms with Crippen LogP contribution in [0.2, 0.25) is 0 Å². The van der Waals surface area contributed by atoms with E-state index >= 15 is 0 Å². The van der Waals surface area contributed by atoms with E-state index in [9.17, 15) is 0 Å². The highest BCUT2D eigenvalue weighted by Gasteiger charge is 2.47. The lowest BCUT2D eigenvalue weighted by atomic mass is 9.86. The molecular weight excluding hydrogens is 162 g/mol. The Balaban J connectivity index is 1.91. The second kappa shape index (κ2) is 3.23. The second-order valence-electron chi connectivity index (χ2n) is 4.92. The Hall–Kier alpha value is -0.120. The Labute approximate surface area is 80.5 Å². The van der Waals surface area contributed by atoms with Crippen molar-refractivity contribution in [2.45, 2.75) is 37.3 Å². The van der Waals surface area contributed by atoms with Crippen molar-refractivity contribution in [3.8, 4) is 0 Å². The predicted molar refractivity (Wildman–Crippen MR) is 54.3 cm³/mol. The normalized spacial score (nSPS) is 35.8. The number of rotatable bonds is 2. The van der Waals surface area contributed by atoms with Gasteiger partial charge in [0.2, 0.25) is 0 Å². The van der Waals surface area contributed by atoms with Crippen molar-refractivity contribution < 1.29 is 0 Å². The van der Waals surface area contributed by atoms with Gasteiger partial charge in [0.05, 0.1) is 0 Å². The molecule has 2 rings (SSSR count). The minimum Gasteiger partial charge on any atom is -0.326 e. The monoisotopic (exact) mass is 183 g/mol. The molecule has 76 valence electrons. The smallest absolute Gasteiger partial charge is 0.0312 e. The van der Waals surface area contributed by atoms with Gasteiger partial charge >= 0.3 is 0 Å². The van der Waals surface area contributed by atoms with Crippen LogP contribution in [-0.2, 0) is 0 Å². The van der Waals surface area contributed by atoms with Gasteiger partial charge in [0, 0.05) is 18.1 Å². The van der Waals surface area contributed by atoms with Crippen LogP contribution >= 0.6 is 0 Å². The summed E-state index contributed by atoms with van der Waals surface area (Å²) in [5, 5.41) is 0. The van der Waals surface area contributed by atoms with E-state index in [0.717, 1.165) is 19.4 Å². The molecule has 0 aromatic carbocycles. The molecule has 4 N–H and O–H groups in total. The molecule has 13 heavy (non-hydrogen) atoms. The molecule has 3 nitrogen and oxygen atoms in total. The molecule has 0 amide bonds. The zero-order valence-electron chi connectivity index (χ0n) is 8.50. The van der Waals surface area contributed by atoms with Crippen LogP contribution in [0.1, 0.15) is 25.7 Å². The highest BCUT2D eigenvalue weighted by molar-refractivity contribution is 5.09. The van der Waals surface area contributed by atoms with E-state index in [1.165, 1.54) is 19.4 Å². The van der Waals surface area contributed by atoms with Gasteiger partial charge in [-0.25, -0.2) is 0 Å². The van der Waals surface area contributed by atoms with E-state index in [1.54, 1.807) is 0 Å². The summed E-state index contributed by atoms with van der Waals surface area (Å²) in [6.07, 6.45) is 4.82. The average Bonchev–Trinajstić information content (AvgIpc) is 2.84. The standard InChI is InChI=1S/C10H21N3/c1-13-6-2-3-8(7-13)9(11)10(12)4-5-10/h8-9H,2-7,11-12H2,1H3. The first-order chi connectivity index (χ1) is 6.12. The van der Waals surface area contributed by atoms with E-state index in [-0.39, 0.29) is 11.6 Å². The van der Waals surface area contributed by atoms with Crippen molar-refractivity contribution >= 4 is 0 Å². The van der Waals surface area contributed by atoms with Gasteiger partial charge < -0.3 is 16.4 Å². The molecule has 1 aliphatic heterocycles.